The number of carbonyl (C=O) groups excluding carboxylic acids is 4. The molecule has 0 spiro atoms. The lowest BCUT2D eigenvalue weighted by molar-refractivity contribution is -0.152. The van der Waals surface area contributed by atoms with E-state index in [1.54, 1.807) is 36.4 Å². The lowest BCUT2D eigenvalue weighted by atomic mass is 10.1. The van der Waals surface area contributed by atoms with Crippen LogP contribution in [-0.4, -0.2) is 36.8 Å². The molecule has 2 N–H and O–H groups in total. The van der Waals surface area contributed by atoms with Gasteiger partial charge in [-0.25, -0.2) is 0 Å². The quantitative estimate of drug-likeness (QED) is 0.538. The van der Waals surface area contributed by atoms with E-state index in [-0.39, 0.29) is 29.5 Å². The first-order valence-electron chi connectivity index (χ1n) is 8.91. The largest absolute Gasteiger partial charge is 0.455 e. The number of carbonyl (C=O) groups is 4. The van der Waals surface area contributed by atoms with E-state index in [1.165, 1.54) is 17.0 Å². The van der Waals surface area contributed by atoms with Gasteiger partial charge in [0.05, 0.1) is 16.5 Å². The molecule has 2 aromatic rings. The van der Waals surface area contributed by atoms with Crippen LogP contribution in [0.2, 0.25) is 10.0 Å². The fourth-order valence-corrected chi connectivity index (χ4v) is 3.21. The fraction of sp³-hybridized carbons (Fsp3) is 0.200. The number of hydrogen-bond donors (Lipinski definition) is 2. The average Bonchev–Trinajstić information content (AvgIpc) is 3.13. The van der Waals surface area contributed by atoms with Gasteiger partial charge in [0.2, 0.25) is 5.91 Å². The van der Waals surface area contributed by atoms with Crippen LogP contribution in [0.3, 0.4) is 0 Å². The normalized spacial score (nSPS) is 15.6. The molecular formula is C20H17Cl2N3O5. The van der Waals surface area contributed by atoms with Gasteiger partial charge < -0.3 is 9.64 Å². The Balaban J connectivity index is 1.45. The van der Waals surface area contributed by atoms with Crippen LogP contribution in [0.4, 0.5) is 5.69 Å². The molecule has 0 aliphatic carbocycles. The van der Waals surface area contributed by atoms with Crippen LogP contribution in [0.15, 0.2) is 48.5 Å². The molecule has 1 atom stereocenters. The van der Waals surface area contributed by atoms with Crippen LogP contribution < -0.4 is 15.8 Å². The summed E-state index contributed by atoms with van der Waals surface area (Å²) in [6, 6.07) is 13.0. The van der Waals surface area contributed by atoms with Gasteiger partial charge in [-0.1, -0.05) is 35.3 Å². The van der Waals surface area contributed by atoms with Crippen molar-refractivity contribution in [1.82, 2.24) is 10.9 Å². The maximum Gasteiger partial charge on any atom is 0.311 e. The highest BCUT2D eigenvalue weighted by atomic mass is 35.5. The van der Waals surface area contributed by atoms with E-state index in [9.17, 15) is 19.2 Å². The molecule has 30 heavy (non-hydrogen) atoms. The van der Waals surface area contributed by atoms with E-state index < -0.39 is 30.3 Å². The number of esters is 1. The predicted molar refractivity (Wildman–Crippen MR) is 110 cm³/mol. The number of hydrazine groups is 1. The molecule has 2 aromatic carbocycles. The van der Waals surface area contributed by atoms with E-state index >= 15 is 0 Å². The zero-order valence-corrected chi connectivity index (χ0v) is 17.1. The molecule has 0 unspecified atom stereocenters. The zero-order valence-electron chi connectivity index (χ0n) is 15.6. The summed E-state index contributed by atoms with van der Waals surface area (Å²) < 4.78 is 4.97. The van der Waals surface area contributed by atoms with Gasteiger partial charge in [-0.2, -0.15) is 0 Å². The SMILES string of the molecule is O=C(COC(=O)[C@H]1CC(=O)N(c2ccc(Cl)cc2)C1)NNC(=O)c1ccccc1Cl. The van der Waals surface area contributed by atoms with Crippen molar-refractivity contribution < 1.29 is 23.9 Å². The molecule has 156 valence electrons. The molecule has 3 amide bonds. The van der Waals surface area contributed by atoms with Gasteiger partial charge in [0.1, 0.15) is 0 Å². The number of hydrogen-bond acceptors (Lipinski definition) is 5. The molecule has 1 aliphatic rings. The lowest BCUT2D eigenvalue weighted by Gasteiger charge is -2.16. The average molecular weight is 450 g/mol. The Bertz CT molecular complexity index is 981. The van der Waals surface area contributed by atoms with Gasteiger partial charge in [0.25, 0.3) is 11.8 Å². The number of rotatable bonds is 5. The summed E-state index contributed by atoms with van der Waals surface area (Å²) in [5.41, 5.74) is 5.13. The van der Waals surface area contributed by atoms with Gasteiger partial charge >= 0.3 is 5.97 Å². The third kappa shape index (κ3) is 5.28. The molecule has 1 heterocycles. The second kappa shape index (κ2) is 9.60. The van der Waals surface area contributed by atoms with Crippen molar-refractivity contribution in [3.8, 4) is 0 Å². The van der Waals surface area contributed by atoms with Crippen molar-refractivity contribution in [3.63, 3.8) is 0 Å². The van der Waals surface area contributed by atoms with Gasteiger partial charge in [-0.15, -0.1) is 0 Å². The van der Waals surface area contributed by atoms with Crippen LogP contribution in [-0.2, 0) is 19.1 Å². The van der Waals surface area contributed by atoms with E-state index in [2.05, 4.69) is 10.9 Å². The number of benzene rings is 2. The number of amides is 3. The summed E-state index contributed by atoms with van der Waals surface area (Å²) in [4.78, 5) is 49.7. The van der Waals surface area contributed by atoms with Gasteiger partial charge in [0.15, 0.2) is 6.61 Å². The van der Waals surface area contributed by atoms with Crippen LogP contribution >= 0.6 is 23.2 Å². The van der Waals surface area contributed by atoms with Crippen molar-refractivity contribution >= 4 is 52.6 Å². The number of halogens is 2. The Morgan fingerprint density at radius 1 is 1.03 bits per heavy atom. The minimum Gasteiger partial charge on any atom is -0.455 e. The monoisotopic (exact) mass is 449 g/mol. The van der Waals surface area contributed by atoms with E-state index in [0.29, 0.717) is 10.7 Å². The minimum absolute atomic E-state index is 0.0215. The Morgan fingerprint density at radius 3 is 2.43 bits per heavy atom. The fourth-order valence-electron chi connectivity index (χ4n) is 2.87. The molecule has 1 aliphatic heterocycles. The first kappa shape index (κ1) is 21.6. The summed E-state index contributed by atoms with van der Waals surface area (Å²) in [7, 11) is 0. The Kier molecular flexibility index (Phi) is 6.91. The number of anilines is 1. The Morgan fingerprint density at radius 2 is 1.73 bits per heavy atom. The van der Waals surface area contributed by atoms with E-state index in [0.717, 1.165) is 0 Å². The second-order valence-electron chi connectivity index (χ2n) is 6.47. The highest BCUT2D eigenvalue weighted by Crippen LogP contribution is 2.26. The predicted octanol–water partition coefficient (Wildman–Crippen LogP) is 2.35. The molecule has 1 fully saturated rings. The third-order valence-electron chi connectivity index (χ3n) is 4.38. The Labute approximate surface area is 182 Å². The summed E-state index contributed by atoms with van der Waals surface area (Å²) in [5.74, 6) is -2.94. The van der Waals surface area contributed by atoms with Crippen LogP contribution in [0, 0.1) is 5.92 Å². The van der Waals surface area contributed by atoms with Crippen LogP contribution in [0.25, 0.3) is 0 Å². The van der Waals surface area contributed by atoms with Gasteiger partial charge in [0, 0.05) is 23.7 Å². The summed E-state index contributed by atoms with van der Waals surface area (Å²) in [5, 5.41) is 0.765. The molecule has 0 bridgehead atoms. The molecule has 3 rings (SSSR count). The van der Waals surface area contributed by atoms with Crippen LogP contribution in [0.5, 0.6) is 0 Å². The molecule has 0 radical (unpaired) electrons. The maximum absolute atomic E-state index is 12.2. The van der Waals surface area contributed by atoms with Crippen LogP contribution in [0.1, 0.15) is 16.8 Å². The first-order valence-corrected chi connectivity index (χ1v) is 9.67. The van der Waals surface area contributed by atoms with E-state index in [4.69, 9.17) is 27.9 Å². The Hall–Kier alpha value is -3.10. The van der Waals surface area contributed by atoms with Crippen molar-refractivity contribution in [1.29, 1.82) is 0 Å². The zero-order chi connectivity index (χ0) is 21.7. The summed E-state index contributed by atoms with van der Waals surface area (Å²) in [6.45, 7) is -0.461. The molecule has 0 saturated carbocycles. The number of ether oxygens (including phenoxy) is 1. The molecule has 0 aromatic heterocycles. The number of nitrogens with one attached hydrogen (secondary N) is 2. The molecule has 10 heteroatoms. The summed E-state index contributed by atoms with van der Waals surface area (Å²) in [6.07, 6.45) is -0.0215. The van der Waals surface area contributed by atoms with Gasteiger partial charge in [-0.05, 0) is 36.4 Å². The topological polar surface area (TPSA) is 105 Å². The van der Waals surface area contributed by atoms with Crippen molar-refractivity contribution in [2.45, 2.75) is 6.42 Å². The van der Waals surface area contributed by atoms with E-state index in [1.807, 2.05) is 0 Å². The second-order valence-corrected chi connectivity index (χ2v) is 7.32. The lowest BCUT2D eigenvalue weighted by Crippen LogP contribution is -2.44. The smallest absolute Gasteiger partial charge is 0.311 e. The standard InChI is InChI=1S/C20H17Cl2N3O5/c21-13-5-7-14(8-6-13)25-10-12(9-18(25)27)20(29)30-11-17(26)23-24-19(28)15-3-1-2-4-16(15)22/h1-8,12H,9-11H2,(H,23,26)(H,24,28)/t12-/m0/s1. The maximum atomic E-state index is 12.2. The molecular weight excluding hydrogens is 433 g/mol. The van der Waals surface area contributed by atoms with Crippen molar-refractivity contribution in [3.05, 3.63) is 64.1 Å². The van der Waals surface area contributed by atoms with Gasteiger partial charge in [-0.3, -0.25) is 30.0 Å². The van der Waals surface area contributed by atoms with Crippen molar-refractivity contribution in [2.75, 3.05) is 18.1 Å². The molecule has 8 nitrogen and oxygen atoms in total. The number of nitrogens with zero attached hydrogens (tertiary/aromatic N) is 1. The summed E-state index contributed by atoms with van der Waals surface area (Å²) >= 11 is 11.7. The highest BCUT2D eigenvalue weighted by molar-refractivity contribution is 6.33. The third-order valence-corrected chi connectivity index (χ3v) is 4.96. The van der Waals surface area contributed by atoms with Crippen molar-refractivity contribution in [2.24, 2.45) is 5.92 Å². The molecule has 1 saturated heterocycles. The minimum atomic E-state index is -0.734. The highest BCUT2D eigenvalue weighted by Gasteiger charge is 2.36. The first-order chi connectivity index (χ1) is 14.3.